The van der Waals surface area contributed by atoms with Crippen molar-refractivity contribution in [2.45, 2.75) is 62.7 Å². The molecule has 0 aromatic rings. The second-order valence-electron chi connectivity index (χ2n) is 5.07. The molecule has 0 saturated carbocycles. The molecule has 0 aliphatic rings. The van der Waals surface area contributed by atoms with Crippen molar-refractivity contribution < 1.29 is 0 Å². The molecule has 0 N–H and O–H groups in total. The van der Waals surface area contributed by atoms with Gasteiger partial charge in [0.15, 0.2) is 0 Å². The van der Waals surface area contributed by atoms with Crippen molar-refractivity contribution in [3.05, 3.63) is 0 Å². The predicted molar refractivity (Wildman–Crippen MR) is 74.6 cm³/mol. The molecule has 0 aliphatic carbocycles. The molecule has 0 rings (SSSR count). The van der Waals surface area contributed by atoms with Gasteiger partial charge in [-0.25, -0.2) is 0 Å². The van der Waals surface area contributed by atoms with Crippen molar-refractivity contribution >= 4 is 30.4 Å². The highest BCUT2D eigenvalue weighted by molar-refractivity contribution is 6.35. The van der Waals surface area contributed by atoms with Crippen LogP contribution in [0.3, 0.4) is 0 Å². The van der Waals surface area contributed by atoms with Gasteiger partial charge >= 0.3 is 0 Å². The highest BCUT2D eigenvalue weighted by atomic mass is 27.1. The van der Waals surface area contributed by atoms with Gasteiger partial charge in [-0.3, -0.25) is 0 Å². The van der Waals surface area contributed by atoms with Gasteiger partial charge in [0.25, 0.3) is 0 Å². The Morgan fingerprint density at radius 3 is 1.21 bits per heavy atom. The maximum atomic E-state index is 2.33. The first kappa shape index (κ1) is 17.5. The molecule has 0 spiro atoms. The summed E-state index contributed by atoms with van der Waals surface area (Å²) in [6.07, 6.45) is 0. The lowest BCUT2D eigenvalue weighted by molar-refractivity contribution is 0.700. The van der Waals surface area contributed by atoms with Crippen molar-refractivity contribution in [3.8, 4) is 0 Å². The molecule has 0 aromatic carbocycles. The van der Waals surface area contributed by atoms with Crippen LogP contribution in [-0.2, 0) is 0 Å². The Morgan fingerprint density at radius 1 is 0.714 bits per heavy atom. The van der Waals surface area contributed by atoms with Crippen molar-refractivity contribution in [2.75, 3.05) is 0 Å². The van der Waals surface area contributed by atoms with Crippen molar-refractivity contribution in [3.63, 3.8) is 0 Å². The molecule has 2 heteroatoms. The molecule has 0 amide bonds. The second kappa shape index (κ2) is 14.1. The fourth-order valence-corrected chi connectivity index (χ4v) is 3.86. The van der Waals surface area contributed by atoms with E-state index in [4.69, 9.17) is 0 Å². The van der Waals surface area contributed by atoms with Crippen LogP contribution in [0.4, 0.5) is 0 Å². The van der Waals surface area contributed by atoms with Crippen LogP contribution in [0.25, 0.3) is 0 Å². The van der Waals surface area contributed by atoms with Crippen molar-refractivity contribution in [1.29, 1.82) is 0 Å². The molecule has 0 radical (unpaired) electrons. The fourth-order valence-electron chi connectivity index (χ4n) is 1.29. The zero-order valence-electron chi connectivity index (χ0n) is 11.4. The van der Waals surface area contributed by atoms with Crippen LogP contribution in [0.1, 0.15) is 41.5 Å². The first-order valence-electron chi connectivity index (χ1n) is 6.54. The standard InChI is InChI=1S/2C4H9.2C2H5.2Al.2H/c2*1-4(2)3;2*1-2;;;;/h2*4H,1H2,2-3H3;2*1H2,2H3;;;;. The SMILES string of the molecule is CC(C)[CH2][AlH][CH2]C(C)C.C[CH2][AlH][CH2]C. The minimum Gasteiger partial charge on any atom is -0.100 e. The molecule has 0 saturated heterocycles. The Kier molecular flexibility index (Phi) is 17.5. The second-order valence-corrected chi connectivity index (χ2v) is 9.64. The first-order valence-corrected chi connectivity index (χ1v) is 10.5. The topological polar surface area (TPSA) is 0 Å². The third-order valence-corrected chi connectivity index (χ3v) is 6.81. The molecule has 14 heavy (non-hydrogen) atoms. The van der Waals surface area contributed by atoms with E-state index < -0.39 is 0 Å². The van der Waals surface area contributed by atoms with Gasteiger partial charge in [-0.2, -0.15) is 0 Å². The van der Waals surface area contributed by atoms with E-state index >= 15 is 0 Å². The van der Waals surface area contributed by atoms with Crippen LogP contribution in [0, 0.1) is 11.8 Å². The number of hydrogen-bond donors (Lipinski definition) is 0. The Morgan fingerprint density at radius 2 is 1.07 bits per heavy atom. The van der Waals surface area contributed by atoms with Gasteiger partial charge < -0.3 is 0 Å². The molecule has 0 unspecified atom stereocenters. The molecule has 0 bridgehead atoms. The monoisotopic (exact) mass is 228 g/mol. The van der Waals surface area contributed by atoms with E-state index in [0.29, 0.717) is 30.4 Å². The summed E-state index contributed by atoms with van der Waals surface area (Å²) >= 11 is 0.748. The molecule has 0 heterocycles. The summed E-state index contributed by atoms with van der Waals surface area (Å²) in [7, 11) is 0. The summed E-state index contributed by atoms with van der Waals surface area (Å²) in [5.74, 6) is 1.91. The van der Waals surface area contributed by atoms with E-state index in [1.54, 1.807) is 0 Å². The minimum atomic E-state index is 0.316. The van der Waals surface area contributed by atoms with Crippen molar-refractivity contribution in [2.24, 2.45) is 11.8 Å². The van der Waals surface area contributed by atoms with Crippen LogP contribution >= 0.6 is 0 Å². The third kappa shape index (κ3) is 23.1. The van der Waals surface area contributed by atoms with Gasteiger partial charge in [-0.15, -0.1) is 10.6 Å². The smallest absolute Gasteiger partial charge is 0.100 e. The van der Waals surface area contributed by atoms with E-state index in [0.717, 1.165) is 11.8 Å². The van der Waals surface area contributed by atoms with Gasteiger partial charge in [0.1, 0.15) is 0 Å². The Bertz CT molecular complexity index is 80.3. The molecule has 0 atom stereocenters. The average Bonchev–Trinajstić information content (AvgIpc) is 2.05. The van der Waals surface area contributed by atoms with E-state index in [1.807, 2.05) is 0 Å². The molecule has 0 aliphatic heterocycles. The quantitative estimate of drug-likeness (QED) is 0.605. The van der Waals surface area contributed by atoms with Crippen LogP contribution in [0.2, 0.25) is 21.1 Å². The summed E-state index contributed by atoms with van der Waals surface area (Å²) in [4.78, 5) is 0. The van der Waals surface area contributed by atoms with Gasteiger partial charge in [-0.05, 0) is 0 Å². The Hall–Kier alpha value is 1.06. The summed E-state index contributed by atoms with van der Waals surface area (Å²) < 4.78 is 0. The molecule has 84 valence electrons. The summed E-state index contributed by atoms with van der Waals surface area (Å²) in [5, 5.41) is 6.04. The Balaban J connectivity index is 0. The molecule has 0 aromatic heterocycles. The average molecular weight is 228 g/mol. The largest absolute Gasteiger partial charge is 0.237 e. The number of hydrogen-bond acceptors (Lipinski definition) is 0. The van der Waals surface area contributed by atoms with Crippen LogP contribution in [0.15, 0.2) is 0 Å². The molecular weight excluding hydrogens is 198 g/mol. The maximum absolute atomic E-state index is 2.33. The number of rotatable bonds is 6. The summed E-state index contributed by atoms with van der Waals surface area (Å²) in [6, 6.07) is 0. The van der Waals surface area contributed by atoms with E-state index in [2.05, 4.69) is 41.5 Å². The van der Waals surface area contributed by atoms with E-state index in [-0.39, 0.29) is 0 Å². The van der Waals surface area contributed by atoms with Crippen LogP contribution in [-0.4, -0.2) is 30.4 Å². The van der Waals surface area contributed by atoms with E-state index in [9.17, 15) is 0 Å². The zero-order chi connectivity index (χ0) is 11.4. The summed E-state index contributed by atoms with van der Waals surface area (Å²) in [5.41, 5.74) is 0. The minimum absolute atomic E-state index is 0.316. The van der Waals surface area contributed by atoms with Crippen molar-refractivity contribution in [1.82, 2.24) is 0 Å². The highest BCUT2D eigenvalue weighted by Crippen LogP contribution is 2.05. The zero-order valence-corrected chi connectivity index (χ0v) is 14.2. The summed E-state index contributed by atoms with van der Waals surface area (Å²) in [6.45, 7) is 13.9. The molecule has 0 nitrogen and oxygen atoms in total. The lowest BCUT2D eigenvalue weighted by Crippen LogP contribution is -1.99. The fraction of sp³-hybridized carbons (Fsp3) is 1.00. The van der Waals surface area contributed by atoms with Gasteiger partial charge in [0.2, 0.25) is 30.4 Å². The molecule has 0 fully saturated rings. The lowest BCUT2D eigenvalue weighted by Gasteiger charge is -2.03. The highest BCUT2D eigenvalue weighted by Gasteiger charge is 1.99. The normalized spacial score (nSPS) is 9.71. The van der Waals surface area contributed by atoms with E-state index in [1.165, 1.54) is 21.1 Å². The Labute approximate surface area is 105 Å². The predicted octanol–water partition coefficient (Wildman–Crippen LogP) is 3.87. The lowest BCUT2D eigenvalue weighted by atomic mass is 10.3. The third-order valence-electron chi connectivity index (χ3n) is 2.27. The maximum Gasteiger partial charge on any atom is 0.237 e. The first-order chi connectivity index (χ1) is 6.54. The van der Waals surface area contributed by atoms with Crippen LogP contribution in [0.5, 0.6) is 0 Å². The molecular formula is C12H30Al2. The van der Waals surface area contributed by atoms with Crippen LogP contribution < -0.4 is 0 Å². The van der Waals surface area contributed by atoms with Gasteiger partial charge in [0.05, 0.1) is 0 Å². The van der Waals surface area contributed by atoms with Gasteiger partial charge in [0, 0.05) is 0 Å². The van der Waals surface area contributed by atoms with Gasteiger partial charge in [-0.1, -0.05) is 63.9 Å².